The number of aliphatic carboxylic acids is 1. The average molecular weight is 493 g/mol. The topological polar surface area (TPSA) is 171 Å². The molecule has 0 aliphatic carbocycles. The number of aromatic hydroxyl groups is 1. The van der Waals surface area contributed by atoms with Crippen molar-refractivity contribution < 1.29 is 29.4 Å². The maximum absolute atomic E-state index is 13.3. The number of carboxylic acid groups (broad SMARTS) is 1. The lowest BCUT2D eigenvalue weighted by atomic mass is 9.95. The number of amides is 3. The number of hydrogen-bond acceptors (Lipinski definition) is 6. The molecule has 196 valence electrons. The number of rotatable bonds is 13. The van der Waals surface area contributed by atoms with E-state index in [1.807, 2.05) is 6.92 Å². The third-order valence-corrected chi connectivity index (χ3v) is 6.05. The summed E-state index contributed by atoms with van der Waals surface area (Å²) < 4.78 is 0. The van der Waals surface area contributed by atoms with Crippen molar-refractivity contribution in [3.8, 4) is 5.75 Å². The summed E-state index contributed by atoms with van der Waals surface area (Å²) in [6, 6.07) is 2.13. The lowest BCUT2D eigenvalue weighted by molar-refractivity contribution is -0.143. The summed E-state index contributed by atoms with van der Waals surface area (Å²) in [6.07, 6.45) is 0.632. The third kappa shape index (κ3) is 9.20. The molecular weight excluding hydrogens is 452 g/mol. The van der Waals surface area contributed by atoms with E-state index >= 15 is 0 Å². The molecule has 0 radical (unpaired) electrons. The number of phenolic OH excluding ortho intramolecular Hbond substituents is 1. The summed E-state index contributed by atoms with van der Waals surface area (Å²) in [5, 5.41) is 26.9. The van der Waals surface area contributed by atoms with Crippen LogP contribution in [0, 0.1) is 17.8 Å². The Morgan fingerprint density at radius 3 is 1.83 bits per heavy atom. The van der Waals surface area contributed by atoms with Crippen molar-refractivity contribution in [2.75, 3.05) is 0 Å². The minimum Gasteiger partial charge on any atom is -0.508 e. The van der Waals surface area contributed by atoms with Gasteiger partial charge in [0, 0.05) is 6.42 Å². The maximum atomic E-state index is 13.3. The molecular formula is C25H40N4O6. The van der Waals surface area contributed by atoms with Crippen LogP contribution in [0.15, 0.2) is 24.3 Å². The van der Waals surface area contributed by atoms with Gasteiger partial charge in [-0.05, 0) is 35.4 Å². The number of carboxylic acids is 1. The van der Waals surface area contributed by atoms with Crippen molar-refractivity contribution in [1.29, 1.82) is 0 Å². The first kappa shape index (κ1) is 29.9. The first-order valence-electron chi connectivity index (χ1n) is 12.0. The molecule has 3 amide bonds. The Morgan fingerprint density at radius 2 is 1.37 bits per heavy atom. The highest BCUT2D eigenvalue weighted by Crippen LogP contribution is 2.14. The quantitative estimate of drug-likeness (QED) is 0.240. The van der Waals surface area contributed by atoms with Gasteiger partial charge in [-0.25, -0.2) is 4.79 Å². The molecule has 0 saturated heterocycles. The summed E-state index contributed by atoms with van der Waals surface area (Å²) in [7, 11) is 0. The van der Waals surface area contributed by atoms with Gasteiger partial charge in [-0.3, -0.25) is 14.4 Å². The first-order chi connectivity index (χ1) is 16.3. The summed E-state index contributed by atoms with van der Waals surface area (Å²) in [5.41, 5.74) is 6.59. The highest BCUT2D eigenvalue weighted by atomic mass is 16.4. The molecule has 10 heteroatoms. The van der Waals surface area contributed by atoms with Gasteiger partial charge < -0.3 is 31.9 Å². The molecule has 7 N–H and O–H groups in total. The van der Waals surface area contributed by atoms with Crippen molar-refractivity contribution in [3.63, 3.8) is 0 Å². The fraction of sp³-hybridized carbons (Fsp3) is 0.600. The first-order valence-corrected chi connectivity index (χ1v) is 12.0. The van der Waals surface area contributed by atoms with Crippen LogP contribution >= 0.6 is 0 Å². The Labute approximate surface area is 207 Å². The SMILES string of the molecule is CCC(C)C(NC(=O)C(N)C(C)C)C(=O)NC(Cc1ccc(O)cc1)C(=O)NC(C(=O)O)C(C)C. The van der Waals surface area contributed by atoms with Crippen LogP contribution in [0.2, 0.25) is 0 Å². The summed E-state index contributed by atoms with van der Waals surface area (Å²) in [4.78, 5) is 50.6. The molecule has 35 heavy (non-hydrogen) atoms. The van der Waals surface area contributed by atoms with Crippen LogP contribution in [-0.4, -0.2) is 58.1 Å². The van der Waals surface area contributed by atoms with Crippen molar-refractivity contribution in [2.45, 2.75) is 78.6 Å². The van der Waals surface area contributed by atoms with Gasteiger partial charge in [0.25, 0.3) is 0 Å². The zero-order valence-electron chi connectivity index (χ0n) is 21.4. The van der Waals surface area contributed by atoms with E-state index in [0.717, 1.165) is 0 Å². The van der Waals surface area contributed by atoms with Crippen LogP contribution in [0.1, 0.15) is 53.5 Å². The summed E-state index contributed by atoms with van der Waals surface area (Å²) in [5.74, 6) is -3.61. The average Bonchev–Trinajstić information content (AvgIpc) is 2.79. The molecule has 1 aromatic carbocycles. The summed E-state index contributed by atoms with van der Waals surface area (Å²) >= 11 is 0. The Hall–Kier alpha value is -3.14. The number of phenols is 1. The van der Waals surface area contributed by atoms with Gasteiger partial charge in [0.15, 0.2) is 0 Å². The van der Waals surface area contributed by atoms with Gasteiger partial charge in [0.05, 0.1) is 6.04 Å². The maximum Gasteiger partial charge on any atom is 0.326 e. The van der Waals surface area contributed by atoms with Crippen molar-refractivity contribution in [3.05, 3.63) is 29.8 Å². The van der Waals surface area contributed by atoms with Gasteiger partial charge in [-0.1, -0.05) is 60.1 Å². The van der Waals surface area contributed by atoms with E-state index in [4.69, 9.17) is 5.73 Å². The van der Waals surface area contributed by atoms with Gasteiger partial charge in [0.2, 0.25) is 17.7 Å². The Balaban J connectivity index is 3.20. The lowest BCUT2D eigenvalue weighted by Gasteiger charge is -2.29. The van der Waals surface area contributed by atoms with Crippen LogP contribution < -0.4 is 21.7 Å². The summed E-state index contributed by atoms with van der Waals surface area (Å²) in [6.45, 7) is 10.6. The number of nitrogens with one attached hydrogen (secondary N) is 3. The molecule has 0 heterocycles. The normalized spacial score (nSPS) is 15.6. The van der Waals surface area contributed by atoms with E-state index in [0.29, 0.717) is 12.0 Å². The Kier molecular flexibility index (Phi) is 11.7. The fourth-order valence-corrected chi connectivity index (χ4v) is 3.36. The van der Waals surface area contributed by atoms with Crippen LogP contribution in [0.4, 0.5) is 0 Å². The van der Waals surface area contributed by atoms with Gasteiger partial charge in [-0.15, -0.1) is 0 Å². The van der Waals surface area contributed by atoms with E-state index in [2.05, 4.69) is 16.0 Å². The predicted molar refractivity (Wildman–Crippen MR) is 132 cm³/mol. The minimum absolute atomic E-state index is 0.0468. The lowest BCUT2D eigenvalue weighted by Crippen LogP contribution is -2.59. The van der Waals surface area contributed by atoms with Crippen LogP contribution in [0.3, 0.4) is 0 Å². The molecule has 10 nitrogen and oxygen atoms in total. The van der Waals surface area contributed by atoms with E-state index in [9.17, 15) is 29.4 Å². The monoisotopic (exact) mass is 492 g/mol. The van der Waals surface area contributed by atoms with E-state index in [1.54, 1.807) is 46.8 Å². The molecule has 0 aliphatic heterocycles. The fourth-order valence-electron chi connectivity index (χ4n) is 3.36. The standard InChI is InChI=1S/C25H40N4O6/c1-7-15(6)21(29-23(32)19(26)13(2)3)24(33)27-18(12-16-8-10-17(30)11-9-16)22(31)28-20(14(4)5)25(34)35/h8-11,13-15,18-21,30H,7,12,26H2,1-6H3,(H,27,33)(H,28,31)(H,29,32)(H,34,35). The predicted octanol–water partition coefficient (Wildman–Crippen LogP) is 1.16. The smallest absolute Gasteiger partial charge is 0.326 e. The van der Waals surface area contributed by atoms with Crippen molar-refractivity contribution in [1.82, 2.24) is 16.0 Å². The minimum atomic E-state index is -1.18. The van der Waals surface area contributed by atoms with E-state index in [-0.39, 0.29) is 29.9 Å². The molecule has 1 aromatic rings. The second kappa shape index (κ2) is 13.7. The number of benzene rings is 1. The highest BCUT2D eigenvalue weighted by molar-refractivity contribution is 5.94. The second-order valence-corrected chi connectivity index (χ2v) is 9.64. The highest BCUT2D eigenvalue weighted by Gasteiger charge is 2.33. The van der Waals surface area contributed by atoms with Crippen LogP contribution in [0.25, 0.3) is 0 Å². The Morgan fingerprint density at radius 1 is 0.829 bits per heavy atom. The molecule has 0 aromatic heterocycles. The molecule has 5 atom stereocenters. The molecule has 5 unspecified atom stereocenters. The second-order valence-electron chi connectivity index (χ2n) is 9.64. The molecule has 0 bridgehead atoms. The number of nitrogens with two attached hydrogens (primary N) is 1. The van der Waals surface area contributed by atoms with Gasteiger partial charge >= 0.3 is 5.97 Å². The van der Waals surface area contributed by atoms with Crippen molar-refractivity contribution >= 4 is 23.7 Å². The number of carbonyl (C=O) groups is 4. The van der Waals surface area contributed by atoms with Gasteiger partial charge in [-0.2, -0.15) is 0 Å². The zero-order chi connectivity index (χ0) is 26.9. The molecule has 0 fully saturated rings. The van der Waals surface area contributed by atoms with Crippen LogP contribution in [-0.2, 0) is 25.6 Å². The zero-order valence-corrected chi connectivity index (χ0v) is 21.4. The van der Waals surface area contributed by atoms with Gasteiger partial charge in [0.1, 0.15) is 23.9 Å². The van der Waals surface area contributed by atoms with Crippen molar-refractivity contribution in [2.24, 2.45) is 23.5 Å². The number of carbonyl (C=O) groups excluding carboxylic acids is 3. The molecule has 0 saturated carbocycles. The Bertz CT molecular complexity index is 871. The molecule has 0 aliphatic rings. The largest absolute Gasteiger partial charge is 0.508 e. The van der Waals surface area contributed by atoms with Crippen LogP contribution in [0.5, 0.6) is 5.75 Å². The number of hydrogen-bond donors (Lipinski definition) is 6. The van der Waals surface area contributed by atoms with E-state index in [1.165, 1.54) is 12.1 Å². The molecule has 0 spiro atoms. The molecule has 1 rings (SSSR count). The third-order valence-electron chi connectivity index (χ3n) is 6.05. The van der Waals surface area contributed by atoms with E-state index < -0.39 is 47.9 Å².